The molecule has 1 aliphatic carbocycles. The molecule has 0 atom stereocenters. The Morgan fingerprint density at radius 1 is 1.50 bits per heavy atom. The summed E-state index contributed by atoms with van der Waals surface area (Å²) in [6, 6.07) is 7.34. The second-order valence-corrected chi connectivity index (χ2v) is 4.59. The van der Waals surface area contributed by atoms with Crippen molar-refractivity contribution in [2.45, 2.75) is 18.9 Å². The van der Waals surface area contributed by atoms with Crippen molar-refractivity contribution in [3.63, 3.8) is 0 Å². The average Bonchev–Trinajstić information content (AvgIpc) is 2.23. The average molecular weight is 237 g/mol. The van der Waals surface area contributed by atoms with E-state index in [1.807, 2.05) is 12.1 Å². The molecule has 84 valence electrons. The zero-order chi connectivity index (χ0) is 11.5. The molecule has 0 amide bonds. The molecule has 1 aliphatic rings. The van der Waals surface area contributed by atoms with Crippen molar-refractivity contribution >= 4 is 17.3 Å². The van der Waals surface area contributed by atoms with Gasteiger partial charge in [-0.05, 0) is 37.0 Å². The number of nitrogens with one attached hydrogen (secondary N) is 1. The maximum atomic E-state index is 9.14. The van der Waals surface area contributed by atoms with Crippen molar-refractivity contribution in [1.29, 1.82) is 5.26 Å². The van der Waals surface area contributed by atoms with Crippen LogP contribution in [0.15, 0.2) is 18.2 Å². The quantitative estimate of drug-likeness (QED) is 0.847. The summed E-state index contributed by atoms with van der Waals surface area (Å²) in [7, 11) is 0. The van der Waals surface area contributed by atoms with Gasteiger partial charge in [-0.2, -0.15) is 5.26 Å². The smallest absolute Gasteiger partial charge is 0.101 e. The molecule has 0 saturated heterocycles. The molecule has 0 unspecified atom stereocenters. The van der Waals surface area contributed by atoms with E-state index in [0.29, 0.717) is 16.5 Å². The van der Waals surface area contributed by atoms with E-state index in [2.05, 4.69) is 5.32 Å². The summed E-state index contributed by atoms with van der Waals surface area (Å²) < 4.78 is 0. The summed E-state index contributed by atoms with van der Waals surface area (Å²) in [4.78, 5) is 0. The monoisotopic (exact) mass is 236 g/mol. The van der Waals surface area contributed by atoms with Crippen LogP contribution in [0.25, 0.3) is 0 Å². The van der Waals surface area contributed by atoms with Gasteiger partial charge in [0.2, 0.25) is 0 Å². The highest BCUT2D eigenvalue weighted by molar-refractivity contribution is 6.32. The molecule has 0 aromatic heterocycles. The standard InChI is InChI=1S/C12H13ClN2O/c13-12-5-10(2-1-9(12)6-14)15-7-8-3-11(16)4-8/h1-2,5,8,11,15-16H,3-4,7H2. The van der Waals surface area contributed by atoms with Gasteiger partial charge in [-0.1, -0.05) is 11.6 Å². The molecular formula is C12H13ClN2O. The predicted molar refractivity (Wildman–Crippen MR) is 63.4 cm³/mol. The van der Waals surface area contributed by atoms with Gasteiger partial charge in [-0.25, -0.2) is 0 Å². The van der Waals surface area contributed by atoms with Crippen molar-refractivity contribution < 1.29 is 5.11 Å². The summed E-state index contributed by atoms with van der Waals surface area (Å²) in [5.41, 5.74) is 1.41. The Balaban J connectivity index is 1.90. The van der Waals surface area contributed by atoms with Crippen LogP contribution < -0.4 is 5.32 Å². The maximum Gasteiger partial charge on any atom is 0.101 e. The Hall–Kier alpha value is -1.24. The number of hydrogen-bond acceptors (Lipinski definition) is 3. The first-order chi connectivity index (χ1) is 7.69. The van der Waals surface area contributed by atoms with E-state index in [0.717, 1.165) is 25.1 Å². The molecule has 1 aromatic rings. The molecule has 1 aromatic carbocycles. The molecule has 0 spiro atoms. The van der Waals surface area contributed by atoms with Crippen LogP contribution in [0, 0.1) is 17.2 Å². The Labute approximate surface area is 99.7 Å². The van der Waals surface area contributed by atoms with E-state index in [1.165, 1.54) is 0 Å². The number of aliphatic hydroxyl groups excluding tert-OH is 1. The number of nitrogens with zero attached hydrogens (tertiary/aromatic N) is 1. The number of aliphatic hydroxyl groups is 1. The highest BCUT2D eigenvalue weighted by atomic mass is 35.5. The van der Waals surface area contributed by atoms with Crippen molar-refractivity contribution in [1.82, 2.24) is 0 Å². The highest BCUT2D eigenvalue weighted by Crippen LogP contribution is 2.28. The molecule has 2 N–H and O–H groups in total. The number of hydrogen-bond donors (Lipinski definition) is 2. The van der Waals surface area contributed by atoms with Gasteiger partial charge in [0.1, 0.15) is 6.07 Å². The summed E-state index contributed by atoms with van der Waals surface area (Å²) in [5, 5.41) is 21.6. The number of anilines is 1. The van der Waals surface area contributed by atoms with Gasteiger partial charge in [0.25, 0.3) is 0 Å². The topological polar surface area (TPSA) is 56.0 Å². The summed E-state index contributed by atoms with van der Waals surface area (Å²) >= 11 is 5.91. The Kier molecular flexibility index (Phi) is 3.33. The van der Waals surface area contributed by atoms with Crippen LogP contribution in [0.2, 0.25) is 5.02 Å². The molecule has 1 saturated carbocycles. The van der Waals surface area contributed by atoms with Crippen LogP contribution in [0.5, 0.6) is 0 Å². The van der Waals surface area contributed by atoms with Gasteiger partial charge in [0.05, 0.1) is 16.7 Å². The molecule has 1 fully saturated rings. The third-order valence-corrected chi connectivity index (χ3v) is 3.21. The van der Waals surface area contributed by atoms with Crippen LogP contribution in [-0.2, 0) is 0 Å². The van der Waals surface area contributed by atoms with Crippen molar-refractivity contribution in [2.24, 2.45) is 5.92 Å². The van der Waals surface area contributed by atoms with Crippen molar-refractivity contribution in [3.05, 3.63) is 28.8 Å². The summed E-state index contributed by atoms with van der Waals surface area (Å²) in [5.74, 6) is 0.546. The maximum absolute atomic E-state index is 9.14. The first kappa shape index (κ1) is 11.3. The fraction of sp³-hybridized carbons (Fsp3) is 0.417. The molecule has 0 heterocycles. The van der Waals surface area contributed by atoms with Crippen LogP contribution in [0.4, 0.5) is 5.69 Å². The van der Waals surface area contributed by atoms with E-state index in [1.54, 1.807) is 12.1 Å². The van der Waals surface area contributed by atoms with Crippen LogP contribution in [-0.4, -0.2) is 17.8 Å². The lowest BCUT2D eigenvalue weighted by Crippen LogP contribution is -2.33. The lowest BCUT2D eigenvalue weighted by molar-refractivity contribution is 0.0487. The minimum absolute atomic E-state index is 0.114. The number of halogens is 1. The fourth-order valence-electron chi connectivity index (χ4n) is 1.85. The number of benzene rings is 1. The SMILES string of the molecule is N#Cc1ccc(NCC2CC(O)C2)cc1Cl. The van der Waals surface area contributed by atoms with Crippen molar-refractivity contribution in [2.75, 3.05) is 11.9 Å². The van der Waals surface area contributed by atoms with Crippen LogP contribution in [0.1, 0.15) is 18.4 Å². The Morgan fingerprint density at radius 3 is 2.81 bits per heavy atom. The van der Waals surface area contributed by atoms with Gasteiger partial charge >= 0.3 is 0 Å². The van der Waals surface area contributed by atoms with Crippen LogP contribution >= 0.6 is 11.6 Å². The molecule has 0 bridgehead atoms. The number of rotatable bonds is 3. The predicted octanol–water partition coefficient (Wildman–Crippen LogP) is 2.39. The first-order valence-corrected chi connectivity index (χ1v) is 5.68. The van der Waals surface area contributed by atoms with E-state index in [-0.39, 0.29) is 6.10 Å². The van der Waals surface area contributed by atoms with E-state index >= 15 is 0 Å². The minimum atomic E-state index is -0.114. The molecule has 16 heavy (non-hydrogen) atoms. The van der Waals surface area contributed by atoms with E-state index < -0.39 is 0 Å². The second kappa shape index (κ2) is 4.73. The van der Waals surface area contributed by atoms with Gasteiger partial charge in [0, 0.05) is 12.2 Å². The fourth-order valence-corrected chi connectivity index (χ4v) is 2.07. The van der Waals surface area contributed by atoms with Crippen LogP contribution in [0.3, 0.4) is 0 Å². The molecule has 3 nitrogen and oxygen atoms in total. The molecule has 0 aliphatic heterocycles. The van der Waals surface area contributed by atoms with Gasteiger partial charge in [-0.3, -0.25) is 0 Å². The van der Waals surface area contributed by atoms with Gasteiger partial charge in [0.15, 0.2) is 0 Å². The Bertz CT molecular complexity index is 422. The third-order valence-electron chi connectivity index (χ3n) is 2.90. The minimum Gasteiger partial charge on any atom is -0.393 e. The zero-order valence-corrected chi connectivity index (χ0v) is 9.54. The molecule has 2 rings (SSSR count). The largest absolute Gasteiger partial charge is 0.393 e. The van der Waals surface area contributed by atoms with E-state index in [9.17, 15) is 0 Å². The normalized spacial score (nSPS) is 23.3. The summed E-state index contributed by atoms with van der Waals surface area (Å²) in [6.45, 7) is 0.847. The Morgan fingerprint density at radius 2 is 2.25 bits per heavy atom. The van der Waals surface area contributed by atoms with Crippen molar-refractivity contribution in [3.8, 4) is 6.07 Å². The molecule has 4 heteroatoms. The second-order valence-electron chi connectivity index (χ2n) is 4.18. The lowest BCUT2D eigenvalue weighted by Gasteiger charge is -2.31. The van der Waals surface area contributed by atoms with Gasteiger partial charge in [-0.15, -0.1) is 0 Å². The number of nitriles is 1. The zero-order valence-electron chi connectivity index (χ0n) is 8.78. The first-order valence-electron chi connectivity index (χ1n) is 5.30. The molecular weight excluding hydrogens is 224 g/mol. The third kappa shape index (κ3) is 2.46. The highest BCUT2D eigenvalue weighted by Gasteiger charge is 2.26. The lowest BCUT2D eigenvalue weighted by atomic mass is 9.82. The molecule has 0 radical (unpaired) electrons. The summed E-state index contributed by atoms with van der Waals surface area (Å²) in [6.07, 6.45) is 1.63. The van der Waals surface area contributed by atoms with E-state index in [4.69, 9.17) is 22.0 Å². The van der Waals surface area contributed by atoms with Gasteiger partial charge < -0.3 is 10.4 Å².